The third-order valence-corrected chi connectivity index (χ3v) is 7.45. The first-order valence-corrected chi connectivity index (χ1v) is 12.9. The Morgan fingerprint density at radius 3 is 2.33 bits per heavy atom. The minimum absolute atomic E-state index is 0.0167. The Morgan fingerprint density at radius 2 is 1.61 bits per heavy atom. The third kappa shape index (κ3) is 4.70. The van der Waals surface area contributed by atoms with Gasteiger partial charge in [0.1, 0.15) is 5.75 Å². The Balaban J connectivity index is 1.39. The highest BCUT2D eigenvalue weighted by Gasteiger charge is 2.28. The molecule has 5 rings (SSSR count). The maximum Gasteiger partial charge on any atom is 0.223 e. The Kier molecular flexibility index (Phi) is 6.99. The van der Waals surface area contributed by atoms with Gasteiger partial charge in [0.2, 0.25) is 5.91 Å². The van der Waals surface area contributed by atoms with E-state index in [1.807, 2.05) is 23.1 Å². The first-order chi connectivity index (χ1) is 17.6. The number of benzene rings is 3. The fourth-order valence-corrected chi connectivity index (χ4v) is 5.41. The average Bonchev–Trinajstić information content (AvgIpc) is 3.31. The van der Waals surface area contributed by atoms with Gasteiger partial charge in [0.15, 0.2) is 0 Å². The number of amides is 1. The van der Waals surface area contributed by atoms with Crippen molar-refractivity contribution in [2.24, 2.45) is 0 Å². The molecule has 0 N–H and O–H groups in total. The number of para-hydroxylation sites is 3. The van der Waals surface area contributed by atoms with E-state index in [1.54, 1.807) is 7.11 Å². The van der Waals surface area contributed by atoms with Crippen LogP contribution in [-0.2, 0) is 11.3 Å². The summed E-state index contributed by atoms with van der Waals surface area (Å²) in [7, 11) is 1.71. The number of fused-ring (bicyclic) bond motifs is 1. The highest BCUT2D eigenvalue weighted by atomic mass is 16.5. The van der Waals surface area contributed by atoms with Crippen molar-refractivity contribution in [3.05, 3.63) is 95.7 Å². The maximum absolute atomic E-state index is 13.7. The van der Waals surface area contributed by atoms with Crippen molar-refractivity contribution in [3.8, 4) is 5.75 Å². The molecule has 1 aliphatic rings. The first-order valence-electron chi connectivity index (χ1n) is 12.9. The Hall–Kier alpha value is -3.73. The molecule has 3 aromatic carbocycles. The number of nitrogens with zero attached hydrogens (tertiary/aromatic N) is 3. The molecular formula is C31H35N3O2. The summed E-state index contributed by atoms with van der Waals surface area (Å²) in [6, 6.07) is 25.3. The van der Waals surface area contributed by atoms with Crippen molar-refractivity contribution >= 4 is 22.5 Å². The zero-order chi connectivity index (χ0) is 25.1. The number of hydrogen-bond acceptors (Lipinski definition) is 3. The fourth-order valence-electron chi connectivity index (χ4n) is 5.41. The van der Waals surface area contributed by atoms with E-state index in [-0.39, 0.29) is 11.8 Å². The summed E-state index contributed by atoms with van der Waals surface area (Å²) >= 11 is 0. The summed E-state index contributed by atoms with van der Waals surface area (Å²) in [6.45, 7) is 8.22. The molecule has 5 nitrogen and oxygen atoms in total. The van der Waals surface area contributed by atoms with Gasteiger partial charge in [-0.15, -0.1) is 0 Å². The summed E-state index contributed by atoms with van der Waals surface area (Å²) in [5.41, 5.74) is 5.98. The van der Waals surface area contributed by atoms with E-state index in [0.717, 1.165) is 31.1 Å². The molecule has 0 spiro atoms. The molecule has 0 unspecified atom stereocenters. The van der Waals surface area contributed by atoms with Crippen LogP contribution in [0.25, 0.3) is 10.9 Å². The highest BCUT2D eigenvalue weighted by Crippen LogP contribution is 2.36. The molecule has 0 saturated carbocycles. The molecule has 1 aliphatic heterocycles. The molecule has 5 heteroatoms. The number of methoxy groups -OCH3 is 1. The quantitative estimate of drug-likeness (QED) is 0.332. The van der Waals surface area contributed by atoms with E-state index >= 15 is 0 Å². The molecule has 1 atom stereocenters. The summed E-state index contributed by atoms with van der Waals surface area (Å²) in [6.07, 6.45) is 2.72. The number of carbonyl (C=O) groups is 1. The van der Waals surface area contributed by atoms with Crippen LogP contribution in [0, 0.1) is 6.92 Å². The van der Waals surface area contributed by atoms with Crippen LogP contribution >= 0.6 is 0 Å². The Bertz CT molecular complexity index is 1330. The molecule has 0 bridgehead atoms. The van der Waals surface area contributed by atoms with E-state index in [0.29, 0.717) is 19.5 Å². The van der Waals surface area contributed by atoms with Gasteiger partial charge in [-0.1, -0.05) is 60.2 Å². The molecule has 1 aromatic heterocycles. The van der Waals surface area contributed by atoms with Crippen molar-refractivity contribution in [2.45, 2.75) is 32.7 Å². The van der Waals surface area contributed by atoms with E-state index in [9.17, 15) is 4.79 Å². The molecule has 1 saturated heterocycles. The van der Waals surface area contributed by atoms with Crippen LogP contribution in [0.15, 0.2) is 79.0 Å². The zero-order valence-corrected chi connectivity index (χ0v) is 21.5. The number of carbonyl (C=O) groups excluding carboxylic acids is 1. The van der Waals surface area contributed by atoms with Gasteiger partial charge in [0, 0.05) is 62.2 Å². The SMILES string of the molecule is CCn1cc([C@H](CC(=O)N2CCN(c3ccccc3OC)CC2)c2ccc(C)cc2)c2ccccc21. The summed E-state index contributed by atoms with van der Waals surface area (Å²) < 4.78 is 7.85. The van der Waals surface area contributed by atoms with Crippen LogP contribution < -0.4 is 9.64 Å². The van der Waals surface area contributed by atoms with E-state index in [2.05, 4.69) is 84.1 Å². The molecule has 1 fully saturated rings. The molecular weight excluding hydrogens is 446 g/mol. The second kappa shape index (κ2) is 10.5. The van der Waals surface area contributed by atoms with Crippen molar-refractivity contribution < 1.29 is 9.53 Å². The molecule has 0 aliphatic carbocycles. The van der Waals surface area contributed by atoms with Crippen molar-refractivity contribution in [3.63, 3.8) is 0 Å². The van der Waals surface area contributed by atoms with Gasteiger partial charge in [-0.3, -0.25) is 4.79 Å². The zero-order valence-electron chi connectivity index (χ0n) is 21.5. The van der Waals surface area contributed by atoms with Gasteiger partial charge in [0.25, 0.3) is 0 Å². The third-order valence-electron chi connectivity index (χ3n) is 7.45. The van der Waals surface area contributed by atoms with Gasteiger partial charge < -0.3 is 19.1 Å². The topological polar surface area (TPSA) is 37.7 Å². The lowest BCUT2D eigenvalue weighted by Crippen LogP contribution is -2.49. The molecule has 36 heavy (non-hydrogen) atoms. The average molecular weight is 482 g/mol. The molecule has 2 heterocycles. The predicted molar refractivity (Wildman–Crippen MR) is 147 cm³/mol. The second-order valence-corrected chi connectivity index (χ2v) is 9.59. The minimum Gasteiger partial charge on any atom is -0.495 e. The second-order valence-electron chi connectivity index (χ2n) is 9.59. The first kappa shape index (κ1) is 24.0. The Labute approximate surface area is 213 Å². The standard InChI is InChI=1S/C31H35N3O2/c1-4-32-22-27(25-9-5-6-10-28(25)32)26(24-15-13-23(2)14-16-24)21-31(35)34-19-17-33(18-20-34)29-11-7-8-12-30(29)36-3/h5-16,22,26H,4,17-21H2,1-3H3/t26-/m1/s1. The number of rotatable bonds is 7. The lowest BCUT2D eigenvalue weighted by atomic mass is 9.87. The molecule has 186 valence electrons. The minimum atomic E-state index is 0.0167. The van der Waals surface area contributed by atoms with Gasteiger partial charge in [-0.2, -0.15) is 0 Å². The van der Waals surface area contributed by atoms with Crippen molar-refractivity contribution in [1.82, 2.24) is 9.47 Å². The lowest BCUT2D eigenvalue weighted by Gasteiger charge is -2.37. The predicted octanol–water partition coefficient (Wildman–Crippen LogP) is 5.85. The largest absolute Gasteiger partial charge is 0.495 e. The smallest absolute Gasteiger partial charge is 0.223 e. The highest BCUT2D eigenvalue weighted by molar-refractivity contribution is 5.87. The number of anilines is 1. The van der Waals surface area contributed by atoms with E-state index in [1.165, 1.54) is 27.6 Å². The van der Waals surface area contributed by atoms with Gasteiger partial charge >= 0.3 is 0 Å². The van der Waals surface area contributed by atoms with Crippen LogP contribution in [0.1, 0.15) is 36.0 Å². The van der Waals surface area contributed by atoms with E-state index in [4.69, 9.17) is 4.74 Å². The van der Waals surface area contributed by atoms with Crippen molar-refractivity contribution in [1.29, 1.82) is 0 Å². The molecule has 4 aromatic rings. The van der Waals surface area contributed by atoms with Gasteiger partial charge in [-0.05, 0) is 43.2 Å². The number of piperazine rings is 1. The fraction of sp³-hybridized carbons (Fsp3) is 0.323. The van der Waals surface area contributed by atoms with Gasteiger partial charge in [-0.25, -0.2) is 0 Å². The van der Waals surface area contributed by atoms with Crippen LogP contribution in [0.5, 0.6) is 5.75 Å². The maximum atomic E-state index is 13.7. The summed E-state index contributed by atoms with van der Waals surface area (Å²) in [5.74, 6) is 1.11. The number of ether oxygens (including phenoxy) is 1. The normalized spacial score (nSPS) is 14.8. The van der Waals surface area contributed by atoms with Crippen LogP contribution in [0.3, 0.4) is 0 Å². The Morgan fingerprint density at radius 1 is 0.917 bits per heavy atom. The van der Waals surface area contributed by atoms with Gasteiger partial charge in [0.05, 0.1) is 12.8 Å². The monoisotopic (exact) mass is 481 g/mol. The number of aromatic nitrogens is 1. The summed E-state index contributed by atoms with van der Waals surface area (Å²) in [4.78, 5) is 18.0. The van der Waals surface area contributed by atoms with Crippen molar-refractivity contribution in [2.75, 3.05) is 38.2 Å². The van der Waals surface area contributed by atoms with Crippen LogP contribution in [0.2, 0.25) is 0 Å². The number of aryl methyl sites for hydroxylation is 2. The summed E-state index contributed by atoms with van der Waals surface area (Å²) in [5, 5.41) is 1.23. The van der Waals surface area contributed by atoms with Crippen LogP contribution in [0.4, 0.5) is 5.69 Å². The van der Waals surface area contributed by atoms with Crippen LogP contribution in [-0.4, -0.2) is 48.7 Å². The molecule has 1 amide bonds. The number of hydrogen-bond donors (Lipinski definition) is 0. The van der Waals surface area contributed by atoms with E-state index < -0.39 is 0 Å². The lowest BCUT2D eigenvalue weighted by molar-refractivity contribution is -0.131. The molecule has 0 radical (unpaired) electrons.